The highest BCUT2D eigenvalue weighted by molar-refractivity contribution is 6.28. The number of benzene rings is 4. The molecule has 0 unspecified atom stereocenters. The molecule has 0 spiro atoms. The van der Waals surface area contributed by atoms with Crippen LogP contribution < -0.4 is 0 Å². The number of nitrogens with zero attached hydrogens (tertiary/aromatic N) is 3. The number of hydrogen-bond acceptors (Lipinski definition) is 6. The van der Waals surface area contributed by atoms with E-state index in [1.807, 2.05) is 0 Å². The molecule has 9 nitrogen and oxygen atoms in total. The number of hydrogen-bond donors (Lipinski definition) is 0. The van der Waals surface area contributed by atoms with E-state index in [0.717, 1.165) is 11.5 Å². The highest BCUT2D eigenvalue weighted by Crippen LogP contribution is 2.47. The van der Waals surface area contributed by atoms with E-state index in [-0.39, 0.29) is 10.8 Å². The summed E-state index contributed by atoms with van der Waals surface area (Å²) in [6.45, 7) is 0. The Morgan fingerprint density at radius 3 is 1.48 bits per heavy atom. The molecule has 0 N–H and O–H groups in total. The monoisotopic (exact) mass is 363 g/mol. The maximum atomic E-state index is 11.8. The van der Waals surface area contributed by atoms with Crippen LogP contribution in [0, 0.1) is 30.3 Å². The molecule has 0 atom stereocenters. The van der Waals surface area contributed by atoms with E-state index in [0.29, 0.717) is 16.2 Å². The van der Waals surface area contributed by atoms with Crippen molar-refractivity contribution in [3.63, 3.8) is 0 Å². The van der Waals surface area contributed by atoms with Crippen LogP contribution in [0.2, 0.25) is 0 Å². The minimum absolute atomic E-state index is 0.0200. The Kier molecular flexibility index (Phi) is 3.45. The van der Waals surface area contributed by atoms with Gasteiger partial charge in [-0.2, -0.15) is 0 Å². The summed E-state index contributed by atoms with van der Waals surface area (Å²) in [7, 11) is 0. The smallest absolute Gasteiger partial charge is 0.258 e. The predicted octanol–water partition coefficient (Wildman–Crippen LogP) is 4.87. The van der Waals surface area contributed by atoms with Crippen LogP contribution in [0.5, 0.6) is 0 Å². The van der Waals surface area contributed by atoms with Gasteiger partial charge >= 0.3 is 17.1 Å². The van der Waals surface area contributed by atoms with Gasteiger partial charge in [-0.15, -0.1) is 0 Å². The van der Waals surface area contributed by atoms with Crippen molar-refractivity contribution in [2.24, 2.45) is 0 Å². The molecule has 0 heterocycles. The second-order valence-corrected chi connectivity index (χ2v) is 5.88. The van der Waals surface area contributed by atoms with Crippen LogP contribution in [0.25, 0.3) is 32.3 Å². The summed E-state index contributed by atoms with van der Waals surface area (Å²) >= 11 is 0. The van der Waals surface area contributed by atoms with Crippen molar-refractivity contribution in [1.82, 2.24) is 0 Å². The SMILES string of the molecule is O=[N+]([O-])c1cc2c3ccccc3c3ccccc3c2c([N+](=O)[O-])c1[N+](=O)[O-]. The minimum Gasteiger partial charge on any atom is -0.258 e. The number of rotatable bonds is 3. The molecule has 0 aliphatic carbocycles. The van der Waals surface area contributed by atoms with Gasteiger partial charge in [-0.05, 0) is 21.5 Å². The van der Waals surface area contributed by atoms with Gasteiger partial charge in [-0.3, -0.25) is 30.3 Å². The van der Waals surface area contributed by atoms with Crippen LogP contribution in [0.15, 0.2) is 54.6 Å². The largest absolute Gasteiger partial charge is 0.423 e. The second kappa shape index (κ2) is 5.70. The summed E-state index contributed by atoms with van der Waals surface area (Å²) in [4.78, 5) is 31.7. The molecule has 0 radical (unpaired) electrons. The minimum atomic E-state index is -1.11. The summed E-state index contributed by atoms with van der Waals surface area (Å²) in [5, 5.41) is 37.3. The Bertz CT molecular complexity index is 1320. The quantitative estimate of drug-likeness (QED) is 0.290. The van der Waals surface area contributed by atoms with Crippen molar-refractivity contribution in [3.8, 4) is 0 Å². The van der Waals surface area contributed by atoms with Crippen molar-refractivity contribution >= 4 is 49.4 Å². The van der Waals surface area contributed by atoms with Crippen LogP contribution in [0.4, 0.5) is 17.1 Å². The zero-order chi connectivity index (χ0) is 19.3. The molecule has 0 saturated heterocycles. The predicted molar refractivity (Wildman–Crippen MR) is 98.9 cm³/mol. The fourth-order valence-corrected chi connectivity index (χ4v) is 3.52. The van der Waals surface area contributed by atoms with E-state index in [1.165, 1.54) is 0 Å². The Hall–Kier alpha value is -4.14. The van der Waals surface area contributed by atoms with E-state index in [9.17, 15) is 30.3 Å². The van der Waals surface area contributed by atoms with Gasteiger partial charge in [-0.25, -0.2) is 0 Å². The van der Waals surface area contributed by atoms with Crippen molar-refractivity contribution in [2.75, 3.05) is 0 Å². The normalized spacial score (nSPS) is 11.1. The van der Waals surface area contributed by atoms with E-state index in [1.54, 1.807) is 48.5 Å². The summed E-state index contributed by atoms with van der Waals surface area (Å²) < 4.78 is 0. The summed E-state index contributed by atoms with van der Waals surface area (Å²) in [6, 6.07) is 14.8. The number of fused-ring (bicyclic) bond motifs is 6. The maximum Gasteiger partial charge on any atom is 0.423 e. The van der Waals surface area contributed by atoms with Gasteiger partial charge in [0.05, 0.1) is 20.2 Å². The average molecular weight is 363 g/mol. The summed E-state index contributed by atoms with van der Waals surface area (Å²) in [5.74, 6) is 0. The molecule has 0 aliphatic rings. The van der Waals surface area contributed by atoms with Gasteiger partial charge < -0.3 is 0 Å². The molecular weight excluding hydrogens is 354 g/mol. The molecule has 0 bridgehead atoms. The molecule has 0 saturated carbocycles. The van der Waals surface area contributed by atoms with Crippen molar-refractivity contribution in [1.29, 1.82) is 0 Å². The first-order valence-electron chi connectivity index (χ1n) is 7.75. The van der Waals surface area contributed by atoms with E-state index in [4.69, 9.17) is 0 Å². The first kappa shape index (κ1) is 16.3. The molecule has 0 aliphatic heterocycles. The zero-order valence-electron chi connectivity index (χ0n) is 13.5. The number of nitro groups is 3. The lowest BCUT2D eigenvalue weighted by Gasteiger charge is -2.10. The lowest BCUT2D eigenvalue weighted by atomic mass is 9.92. The Balaban J connectivity index is 2.45. The third kappa shape index (κ3) is 2.25. The molecule has 9 heteroatoms. The van der Waals surface area contributed by atoms with Crippen molar-refractivity contribution in [3.05, 3.63) is 84.9 Å². The third-order valence-electron chi connectivity index (χ3n) is 4.52. The lowest BCUT2D eigenvalue weighted by molar-refractivity contribution is -0.440. The van der Waals surface area contributed by atoms with Crippen molar-refractivity contribution < 1.29 is 14.8 Å². The van der Waals surface area contributed by atoms with Gasteiger partial charge in [0.2, 0.25) is 0 Å². The topological polar surface area (TPSA) is 129 Å². The first-order valence-corrected chi connectivity index (χ1v) is 7.75. The third-order valence-corrected chi connectivity index (χ3v) is 4.52. The zero-order valence-corrected chi connectivity index (χ0v) is 13.5. The Labute approximate surface area is 149 Å². The molecule has 4 rings (SSSR count). The van der Waals surface area contributed by atoms with Gasteiger partial charge in [0.25, 0.3) is 0 Å². The van der Waals surface area contributed by atoms with E-state index < -0.39 is 31.8 Å². The van der Waals surface area contributed by atoms with Crippen molar-refractivity contribution in [2.45, 2.75) is 0 Å². The van der Waals surface area contributed by atoms with Crippen LogP contribution in [0.1, 0.15) is 0 Å². The molecule has 27 heavy (non-hydrogen) atoms. The molecule has 4 aromatic rings. The first-order chi connectivity index (χ1) is 12.9. The fraction of sp³-hybridized carbons (Fsp3) is 0. The average Bonchev–Trinajstić information content (AvgIpc) is 2.66. The highest BCUT2D eigenvalue weighted by Gasteiger charge is 2.39. The van der Waals surface area contributed by atoms with E-state index in [2.05, 4.69) is 0 Å². The Morgan fingerprint density at radius 1 is 0.556 bits per heavy atom. The molecule has 132 valence electrons. The lowest BCUT2D eigenvalue weighted by Crippen LogP contribution is -2.03. The van der Waals surface area contributed by atoms with Gasteiger partial charge in [0.15, 0.2) is 0 Å². The van der Waals surface area contributed by atoms with E-state index >= 15 is 0 Å². The standard InChI is InChI=1S/C18H9N3O6/c22-19(23)15-9-14-12-7-2-1-5-10(12)11-6-3-4-8-13(11)16(14)18(21(26)27)17(15)20(24)25/h1-9H. The highest BCUT2D eigenvalue weighted by atomic mass is 16.6. The molecule has 4 aromatic carbocycles. The summed E-state index contributed by atoms with van der Waals surface area (Å²) in [6.07, 6.45) is 0. The summed E-state index contributed by atoms with van der Waals surface area (Å²) in [5.41, 5.74) is -2.89. The van der Waals surface area contributed by atoms with Crippen LogP contribution in [-0.2, 0) is 0 Å². The fourth-order valence-electron chi connectivity index (χ4n) is 3.52. The van der Waals surface area contributed by atoms with Gasteiger partial charge in [0.1, 0.15) is 0 Å². The van der Waals surface area contributed by atoms with Gasteiger partial charge in [-0.1, -0.05) is 48.5 Å². The van der Waals surface area contributed by atoms with Crippen LogP contribution in [-0.4, -0.2) is 14.8 Å². The Morgan fingerprint density at radius 2 is 1.00 bits per heavy atom. The molecule has 0 fully saturated rings. The van der Waals surface area contributed by atoms with Crippen LogP contribution >= 0.6 is 0 Å². The van der Waals surface area contributed by atoms with Crippen LogP contribution in [0.3, 0.4) is 0 Å². The van der Waals surface area contributed by atoms with Gasteiger partial charge in [0, 0.05) is 11.5 Å². The second-order valence-electron chi connectivity index (χ2n) is 5.88. The molecule has 0 amide bonds. The molecule has 0 aromatic heterocycles. The molecular formula is C18H9N3O6. The number of nitro benzene ring substituents is 3. The maximum absolute atomic E-state index is 11.8.